The molecular weight excluding hydrogens is 505 g/mol. The van der Waals surface area contributed by atoms with Gasteiger partial charge in [-0.3, -0.25) is 9.59 Å². The van der Waals surface area contributed by atoms with Crippen molar-refractivity contribution >= 4 is 22.7 Å². The van der Waals surface area contributed by atoms with E-state index in [-0.39, 0.29) is 23.9 Å². The molecule has 2 amide bonds. The average Bonchev–Trinajstić information content (AvgIpc) is 3.57. The number of hydrogen-bond donors (Lipinski definition) is 1. The molecule has 1 atom stereocenters. The molecule has 9 heteroatoms. The minimum atomic E-state index is -4.38. The second-order valence-electron chi connectivity index (χ2n) is 10.2. The second-order valence-corrected chi connectivity index (χ2v) is 10.2. The summed E-state index contributed by atoms with van der Waals surface area (Å²) in [4.78, 5) is 29.5. The van der Waals surface area contributed by atoms with Crippen molar-refractivity contribution in [3.63, 3.8) is 0 Å². The quantitative estimate of drug-likeness (QED) is 0.395. The van der Waals surface area contributed by atoms with Crippen molar-refractivity contribution in [2.24, 2.45) is 0 Å². The van der Waals surface area contributed by atoms with Crippen LogP contribution in [0, 0.1) is 0 Å². The maximum absolute atomic E-state index is 13.1. The molecule has 4 aromatic rings. The Labute approximate surface area is 223 Å². The Morgan fingerprint density at radius 1 is 0.769 bits per heavy atom. The molecule has 2 aliphatic heterocycles. The summed E-state index contributed by atoms with van der Waals surface area (Å²) in [7, 11) is 0. The first-order chi connectivity index (χ1) is 18.8. The third-order valence-corrected chi connectivity index (χ3v) is 7.55. The topological polar surface area (TPSA) is 57.6 Å². The van der Waals surface area contributed by atoms with E-state index in [0.29, 0.717) is 43.0 Å². The standard InChI is InChI=1S/C30H27F3N4O2/c31-30(32,33)23-7-9-26(10-8-23)37-15-12-21-16-22(6-11-27(21)37)29(39)36-18-25(19-36)34-24-13-14-35(17-24)28(38)20-4-2-1-3-5-20/h1-12,15-16,24-25,34H,13-14,17-19H2/t24-/m0/s1. The number of rotatable bonds is 5. The van der Waals surface area contributed by atoms with E-state index in [9.17, 15) is 22.8 Å². The number of hydrogen-bond acceptors (Lipinski definition) is 3. The summed E-state index contributed by atoms with van der Waals surface area (Å²) in [5.41, 5.74) is 2.01. The van der Waals surface area contributed by atoms with Gasteiger partial charge in [0, 0.05) is 66.7 Å². The van der Waals surface area contributed by atoms with Crippen LogP contribution in [0.15, 0.2) is 85.1 Å². The van der Waals surface area contributed by atoms with Crippen molar-refractivity contribution in [1.29, 1.82) is 0 Å². The van der Waals surface area contributed by atoms with Crippen molar-refractivity contribution in [2.45, 2.75) is 24.7 Å². The highest BCUT2D eigenvalue weighted by molar-refractivity contribution is 5.99. The molecule has 0 unspecified atom stereocenters. The van der Waals surface area contributed by atoms with Gasteiger partial charge < -0.3 is 19.7 Å². The number of fused-ring (bicyclic) bond motifs is 1. The van der Waals surface area contributed by atoms with Crippen LogP contribution in [0.3, 0.4) is 0 Å². The van der Waals surface area contributed by atoms with Crippen LogP contribution in [0.5, 0.6) is 0 Å². The zero-order chi connectivity index (χ0) is 27.1. The first kappa shape index (κ1) is 25.2. The third kappa shape index (κ3) is 5.02. The van der Waals surface area contributed by atoms with E-state index in [1.165, 1.54) is 12.1 Å². The molecule has 1 aromatic heterocycles. The lowest BCUT2D eigenvalue weighted by Crippen LogP contribution is -2.62. The van der Waals surface area contributed by atoms with Gasteiger partial charge in [0.1, 0.15) is 0 Å². The molecule has 0 aliphatic carbocycles. The van der Waals surface area contributed by atoms with Gasteiger partial charge in [0.05, 0.1) is 11.1 Å². The molecule has 6 nitrogen and oxygen atoms in total. The molecule has 2 fully saturated rings. The molecule has 200 valence electrons. The maximum atomic E-state index is 13.1. The fraction of sp³-hybridized carbons (Fsp3) is 0.267. The number of carbonyl (C=O) groups excluding carboxylic acids is 2. The molecule has 3 aromatic carbocycles. The van der Waals surface area contributed by atoms with Crippen LogP contribution >= 0.6 is 0 Å². The largest absolute Gasteiger partial charge is 0.416 e. The van der Waals surface area contributed by atoms with E-state index in [0.717, 1.165) is 29.5 Å². The van der Waals surface area contributed by atoms with Gasteiger partial charge in [0.2, 0.25) is 0 Å². The molecule has 2 aliphatic rings. The lowest BCUT2D eigenvalue weighted by molar-refractivity contribution is -0.137. The highest BCUT2D eigenvalue weighted by Gasteiger charge is 2.35. The predicted molar refractivity (Wildman–Crippen MR) is 142 cm³/mol. The number of aromatic nitrogens is 1. The van der Waals surface area contributed by atoms with Gasteiger partial charge in [0.15, 0.2) is 0 Å². The normalized spacial score (nSPS) is 18.0. The van der Waals surface area contributed by atoms with E-state index in [1.807, 2.05) is 53.4 Å². The first-order valence-corrected chi connectivity index (χ1v) is 12.9. The van der Waals surface area contributed by atoms with Crippen LogP contribution < -0.4 is 5.32 Å². The van der Waals surface area contributed by atoms with Crippen LogP contribution in [0.4, 0.5) is 13.2 Å². The average molecular weight is 533 g/mol. The lowest BCUT2D eigenvalue weighted by Gasteiger charge is -2.41. The number of amides is 2. The Morgan fingerprint density at radius 3 is 2.18 bits per heavy atom. The van der Waals surface area contributed by atoms with E-state index in [2.05, 4.69) is 5.32 Å². The third-order valence-electron chi connectivity index (χ3n) is 7.55. The summed E-state index contributed by atoms with van der Waals surface area (Å²) in [6.45, 7) is 2.58. The summed E-state index contributed by atoms with van der Waals surface area (Å²) in [5.74, 6) is -0.00241. The first-order valence-electron chi connectivity index (χ1n) is 12.9. The van der Waals surface area contributed by atoms with Crippen molar-refractivity contribution in [2.75, 3.05) is 26.2 Å². The number of nitrogens with one attached hydrogen (secondary N) is 1. The van der Waals surface area contributed by atoms with E-state index < -0.39 is 11.7 Å². The van der Waals surface area contributed by atoms with Crippen molar-refractivity contribution in [3.8, 4) is 5.69 Å². The Balaban J connectivity index is 1.04. The van der Waals surface area contributed by atoms with Gasteiger partial charge in [-0.25, -0.2) is 0 Å². The minimum absolute atomic E-state index is 0.0489. The number of halogens is 3. The van der Waals surface area contributed by atoms with Crippen LogP contribution in [0.2, 0.25) is 0 Å². The van der Waals surface area contributed by atoms with Gasteiger partial charge in [-0.05, 0) is 67.1 Å². The highest BCUT2D eigenvalue weighted by atomic mass is 19.4. The minimum Gasteiger partial charge on any atom is -0.337 e. The molecule has 0 radical (unpaired) electrons. The number of likely N-dealkylation sites (tertiary alicyclic amines) is 2. The summed E-state index contributed by atoms with van der Waals surface area (Å²) in [6.07, 6.45) is -1.70. The van der Waals surface area contributed by atoms with Crippen molar-refractivity contribution in [3.05, 3.63) is 102 Å². The Kier molecular flexibility index (Phi) is 6.38. The number of alkyl halides is 3. The summed E-state index contributed by atoms with van der Waals surface area (Å²) in [5, 5.41) is 4.43. The summed E-state index contributed by atoms with van der Waals surface area (Å²) >= 11 is 0. The molecule has 3 heterocycles. The van der Waals surface area contributed by atoms with Crippen LogP contribution in [0.1, 0.15) is 32.7 Å². The highest BCUT2D eigenvalue weighted by Crippen LogP contribution is 2.30. The molecule has 1 N–H and O–H groups in total. The molecule has 2 saturated heterocycles. The van der Waals surface area contributed by atoms with E-state index >= 15 is 0 Å². The van der Waals surface area contributed by atoms with Crippen LogP contribution in [-0.4, -0.2) is 64.4 Å². The Hall–Kier alpha value is -4.11. The molecule has 39 heavy (non-hydrogen) atoms. The molecule has 0 saturated carbocycles. The fourth-order valence-corrected chi connectivity index (χ4v) is 5.42. The van der Waals surface area contributed by atoms with Gasteiger partial charge >= 0.3 is 6.18 Å². The van der Waals surface area contributed by atoms with Crippen LogP contribution in [0.25, 0.3) is 16.6 Å². The van der Waals surface area contributed by atoms with Crippen LogP contribution in [-0.2, 0) is 6.18 Å². The molecular formula is C30H27F3N4O2. The predicted octanol–water partition coefficient (Wildman–Crippen LogP) is 4.98. The number of nitrogens with zero attached hydrogens (tertiary/aromatic N) is 3. The smallest absolute Gasteiger partial charge is 0.337 e. The Morgan fingerprint density at radius 2 is 1.46 bits per heavy atom. The molecule has 0 bridgehead atoms. The SMILES string of the molecule is O=C(c1ccc2c(ccn2-c2ccc(C(F)(F)F)cc2)c1)N1CC(N[C@H]2CCN(C(=O)c3ccccc3)C2)C1. The summed E-state index contributed by atoms with van der Waals surface area (Å²) < 4.78 is 40.5. The number of benzene rings is 3. The monoisotopic (exact) mass is 532 g/mol. The maximum Gasteiger partial charge on any atom is 0.416 e. The fourth-order valence-electron chi connectivity index (χ4n) is 5.42. The van der Waals surface area contributed by atoms with Gasteiger partial charge in [-0.2, -0.15) is 13.2 Å². The van der Waals surface area contributed by atoms with Crippen molar-refractivity contribution in [1.82, 2.24) is 19.7 Å². The second kappa shape index (κ2) is 9.89. The molecule has 6 rings (SSSR count). The summed E-state index contributed by atoms with van der Waals surface area (Å²) in [6, 6.07) is 22.0. The zero-order valence-electron chi connectivity index (χ0n) is 21.1. The van der Waals surface area contributed by atoms with E-state index in [4.69, 9.17) is 0 Å². The zero-order valence-corrected chi connectivity index (χ0v) is 21.1. The van der Waals surface area contributed by atoms with Crippen molar-refractivity contribution < 1.29 is 22.8 Å². The van der Waals surface area contributed by atoms with Gasteiger partial charge in [-0.1, -0.05) is 18.2 Å². The van der Waals surface area contributed by atoms with Gasteiger partial charge in [0.25, 0.3) is 11.8 Å². The lowest BCUT2D eigenvalue weighted by atomic mass is 10.0. The number of carbonyl (C=O) groups is 2. The van der Waals surface area contributed by atoms with E-state index in [1.54, 1.807) is 21.7 Å². The molecule has 0 spiro atoms. The van der Waals surface area contributed by atoms with Gasteiger partial charge in [-0.15, -0.1) is 0 Å². The Bertz CT molecular complexity index is 1510.